The van der Waals surface area contributed by atoms with Crippen LogP contribution in [0.2, 0.25) is 0 Å². The molecule has 1 aliphatic rings. The van der Waals surface area contributed by atoms with Gasteiger partial charge in [0.15, 0.2) is 4.90 Å². The zero-order valence-corrected chi connectivity index (χ0v) is 23.3. The van der Waals surface area contributed by atoms with Crippen molar-refractivity contribution in [3.05, 3.63) is 90.1 Å². The van der Waals surface area contributed by atoms with Gasteiger partial charge in [0, 0.05) is 42.9 Å². The van der Waals surface area contributed by atoms with Gasteiger partial charge in [-0.1, -0.05) is 36.4 Å². The molecule has 0 saturated carbocycles. The number of amides is 1. The predicted molar refractivity (Wildman–Crippen MR) is 161 cm³/mol. The molecule has 0 bridgehead atoms. The van der Waals surface area contributed by atoms with Crippen molar-refractivity contribution in [2.45, 2.75) is 36.6 Å². The number of likely N-dealkylation sites (tertiary alicyclic amines) is 1. The number of H-pyrrole nitrogens is 1. The standard InChI is InChI=1S/C31H36N6O2S/c32-13-9-21-11-15-37(16-12-21)31(38)29(18-22-3-1-5-26(17-22)30(33)34)36-40(39)27-6-2-4-23(20-27)24-7-8-28-25(19-24)10-14-35-28/h1-8,10,14,17,19-21,29,35-36H,9,11-13,15-16,18,32H2,(H3,33,34). The van der Waals surface area contributed by atoms with Gasteiger partial charge in [-0.15, -0.1) is 4.72 Å². The zero-order valence-electron chi connectivity index (χ0n) is 22.4. The van der Waals surface area contributed by atoms with Gasteiger partial charge in [0.25, 0.3) is 0 Å². The minimum atomic E-state index is -1.63. The molecule has 1 aromatic heterocycles. The molecule has 1 saturated heterocycles. The molecule has 5 rings (SSSR count). The molecule has 3 aromatic carbocycles. The number of piperidine rings is 1. The van der Waals surface area contributed by atoms with Crippen LogP contribution in [0.1, 0.15) is 30.4 Å². The van der Waals surface area contributed by atoms with E-state index in [1.807, 2.05) is 71.8 Å². The number of rotatable bonds is 10. The quantitative estimate of drug-likeness (QED) is 0.114. The molecule has 2 unspecified atom stereocenters. The fraction of sp³-hybridized carbons (Fsp3) is 0.290. The van der Waals surface area contributed by atoms with Gasteiger partial charge < -0.3 is 25.9 Å². The van der Waals surface area contributed by atoms with Gasteiger partial charge in [-0.05, 0) is 84.1 Å². The number of carbonyl (C=O) groups is 1. The maximum absolute atomic E-state index is 13.8. The molecule has 208 valence electrons. The fourth-order valence-corrected chi connectivity index (χ4v) is 6.41. The minimum absolute atomic E-state index is 0.0297. The second kappa shape index (κ2) is 12.7. The normalized spacial score (nSPS) is 15.7. The molecular formula is C31H36N6O2S. The average Bonchev–Trinajstić information content (AvgIpc) is 3.45. The molecule has 0 spiro atoms. The molecule has 9 heteroatoms. The van der Waals surface area contributed by atoms with Crippen molar-refractivity contribution >= 4 is 34.0 Å². The van der Waals surface area contributed by atoms with E-state index in [-0.39, 0.29) is 11.7 Å². The molecule has 2 heterocycles. The van der Waals surface area contributed by atoms with Gasteiger partial charge in [0.05, 0.1) is 11.4 Å². The number of hydrogen-bond acceptors (Lipinski definition) is 5. The van der Waals surface area contributed by atoms with Crippen molar-refractivity contribution in [1.82, 2.24) is 14.6 Å². The van der Waals surface area contributed by atoms with Gasteiger partial charge in [-0.2, -0.15) is 0 Å². The molecule has 1 amide bonds. The summed E-state index contributed by atoms with van der Waals surface area (Å²) in [4.78, 5) is 19.5. The van der Waals surface area contributed by atoms with Crippen LogP contribution in [0, 0.1) is 11.3 Å². The van der Waals surface area contributed by atoms with E-state index in [0.29, 0.717) is 42.4 Å². The maximum atomic E-state index is 13.8. The summed E-state index contributed by atoms with van der Waals surface area (Å²) >= 11 is -1.63. The van der Waals surface area contributed by atoms with Crippen LogP contribution in [0.4, 0.5) is 0 Å². The molecule has 0 radical (unpaired) electrons. The molecule has 0 aliphatic carbocycles. The first kappa shape index (κ1) is 27.9. The van der Waals surface area contributed by atoms with E-state index in [9.17, 15) is 9.35 Å². The average molecular weight is 557 g/mol. The van der Waals surface area contributed by atoms with E-state index < -0.39 is 17.4 Å². The largest absolute Gasteiger partial charge is 0.593 e. The summed E-state index contributed by atoms with van der Waals surface area (Å²) in [6.45, 7) is 1.99. The van der Waals surface area contributed by atoms with Crippen LogP contribution in [-0.2, 0) is 22.6 Å². The highest BCUT2D eigenvalue weighted by molar-refractivity contribution is 7.89. The van der Waals surface area contributed by atoms with Crippen molar-refractivity contribution in [2.75, 3.05) is 19.6 Å². The lowest BCUT2D eigenvalue weighted by Crippen LogP contribution is -2.51. The summed E-state index contributed by atoms with van der Waals surface area (Å²) in [7, 11) is 0. The lowest BCUT2D eigenvalue weighted by atomic mass is 9.93. The summed E-state index contributed by atoms with van der Waals surface area (Å²) < 4.78 is 16.8. The monoisotopic (exact) mass is 556 g/mol. The SMILES string of the molecule is N=C(N)c1cccc(CC(N[S+]([O-])c2cccc(-c3ccc4[nH]ccc4c3)c2)C(=O)N2CCC(CCN)CC2)c1. The number of nitrogens with zero attached hydrogens (tertiary/aromatic N) is 1. The topological polar surface area (TPSA) is 147 Å². The van der Waals surface area contributed by atoms with Crippen molar-refractivity contribution in [3.8, 4) is 11.1 Å². The molecule has 1 aliphatic heterocycles. The maximum Gasteiger partial charge on any atom is 0.244 e. The van der Waals surface area contributed by atoms with Crippen LogP contribution in [0.25, 0.3) is 22.0 Å². The Morgan fingerprint density at radius 2 is 1.85 bits per heavy atom. The van der Waals surface area contributed by atoms with Crippen molar-refractivity contribution in [3.63, 3.8) is 0 Å². The summed E-state index contributed by atoms with van der Waals surface area (Å²) in [5, 5.41) is 8.90. The number of aromatic amines is 1. The van der Waals surface area contributed by atoms with Crippen molar-refractivity contribution in [1.29, 1.82) is 5.41 Å². The number of nitrogens with two attached hydrogens (primary N) is 2. The minimum Gasteiger partial charge on any atom is -0.593 e. The third-order valence-corrected chi connectivity index (χ3v) is 8.84. The Labute approximate surface area is 238 Å². The van der Waals surface area contributed by atoms with Gasteiger partial charge in [0.1, 0.15) is 11.9 Å². The predicted octanol–water partition coefficient (Wildman–Crippen LogP) is 3.93. The summed E-state index contributed by atoms with van der Waals surface area (Å²) in [6.07, 6.45) is 5.06. The summed E-state index contributed by atoms with van der Waals surface area (Å²) in [6, 6.07) is 22.4. The third-order valence-electron chi connectivity index (χ3n) is 7.66. The smallest absolute Gasteiger partial charge is 0.244 e. The second-order valence-corrected chi connectivity index (χ2v) is 11.7. The van der Waals surface area contributed by atoms with Crippen molar-refractivity contribution < 1.29 is 9.35 Å². The number of aromatic nitrogens is 1. The first-order chi connectivity index (χ1) is 19.4. The number of benzene rings is 3. The molecule has 40 heavy (non-hydrogen) atoms. The van der Waals surface area contributed by atoms with Gasteiger partial charge >= 0.3 is 0 Å². The highest BCUT2D eigenvalue weighted by Crippen LogP contribution is 2.27. The van der Waals surface area contributed by atoms with Crippen molar-refractivity contribution in [2.24, 2.45) is 17.4 Å². The Hall–Kier alpha value is -3.63. The fourth-order valence-electron chi connectivity index (χ4n) is 5.40. The third kappa shape index (κ3) is 6.56. The van der Waals surface area contributed by atoms with Crippen LogP contribution < -0.4 is 16.2 Å². The number of fused-ring (bicyclic) bond motifs is 1. The van der Waals surface area contributed by atoms with E-state index in [0.717, 1.165) is 46.9 Å². The molecule has 4 aromatic rings. The Balaban J connectivity index is 1.36. The van der Waals surface area contributed by atoms with Gasteiger partial charge in [0.2, 0.25) is 5.91 Å². The lowest BCUT2D eigenvalue weighted by molar-refractivity contribution is -0.134. The highest BCUT2D eigenvalue weighted by Gasteiger charge is 2.32. The van der Waals surface area contributed by atoms with Crippen LogP contribution >= 0.6 is 0 Å². The number of hydrogen-bond donors (Lipinski definition) is 5. The highest BCUT2D eigenvalue weighted by atomic mass is 32.2. The van der Waals surface area contributed by atoms with Crippen LogP contribution in [-0.4, -0.2) is 51.9 Å². The number of nitrogen functional groups attached to an aromatic ring is 1. The Kier molecular flexibility index (Phi) is 8.86. The molecule has 8 nitrogen and oxygen atoms in total. The van der Waals surface area contributed by atoms with E-state index in [1.165, 1.54) is 0 Å². The first-order valence-electron chi connectivity index (χ1n) is 13.7. The molecule has 7 N–H and O–H groups in total. The van der Waals surface area contributed by atoms with Gasteiger partial charge in [-0.3, -0.25) is 10.2 Å². The van der Waals surface area contributed by atoms with E-state index in [1.54, 1.807) is 6.07 Å². The summed E-state index contributed by atoms with van der Waals surface area (Å²) in [5.74, 6) is 0.440. The Morgan fingerprint density at radius 3 is 2.62 bits per heavy atom. The van der Waals surface area contributed by atoms with Crippen LogP contribution in [0.3, 0.4) is 0 Å². The molecule has 1 fully saturated rings. The first-order valence-corrected chi connectivity index (χ1v) is 14.8. The Bertz CT molecular complexity index is 1480. The summed E-state index contributed by atoms with van der Waals surface area (Å²) in [5.41, 5.74) is 15.9. The number of carbonyl (C=O) groups excluding carboxylic acids is 1. The number of amidine groups is 1. The van der Waals surface area contributed by atoms with Gasteiger partial charge in [-0.25, -0.2) is 0 Å². The second-order valence-electron chi connectivity index (χ2n) is 10.4. The zero-order chi connectivity index (χ0) is 28.1. The van der Waals surface area contributed by atoms with E-state index in [4.69, 9.17) is 16.9 Å². The molecule has 2 atom stereocenters. The van der Waals surface area contributed by atoms with Crippen LogP contribution in [0.5, 0.6) is 0 Å². The van der Waals surface area contributed by atoms with Crippen LogP contribution in [0.15, 0.2) is 83.9 Å². The molecular weight excluding hydrogens is 520 g/mol. The van der Waals surface area contributed by atoms with E-state index in [2.05, 4.69) is 15.8 Å². The van der Waals surface area contributed by atoms with E-state index >= 15 is 0 Å². The Morgan fingerprint density at radius 1 is 1.07 bits per heavy atom. The lowest BCUT2D eigenvalue weighted by Gasteiger charge is -2.34. The number of nitrogens with one attached hydrogen (secondary N) is 3.